The molecule has 0 bridgehead atoms. The van der Waals surface area contributed by atoms with Crippen LogP contribution in [0.2, 0.25) is 0 Å². The van der Waals surface area contributed by atoms with Gasteiger partial charge in [-0.1, -0.05) is 140 Å². The Morgan fingerprint density at radius 3 is 1.22 bits per heavy atom. The molecule has 0 unspecified atom stereocenters. The minimum atomic E-state index is -2.55. The van der Waals surface area contributed by atoms with E-state index in [1.54, 1.807) is 0 Å². The SMILES string of the molecule is Cc1ccccc1-c1ccccc1[Si](c1ccccc1)(c1ccccc1)c1ccccc1. The number of aryl methyl sites for hydroxylation is 1. The normalized spacial score (nSPS) is 11.3. The van der Waals surface area contributed by atoms with Crippen LogP contribution in [0.5, 0.6) is 0 Å². The molecule has 1 heteroatoms. The summed E-state index contributed by atoms with van der Waals surface area (Å²) in [7, 11) is -2.55. The fourth-order valence-corrected chi connectivity index (χ4v) is 9.93. The van der Waals surface area contributed by atoms with Crippen LogP contribution in [0.15, 0.2) is 140 Å². The molecule has 0 saturated carbocycles. The Labute approximate surface area is 191 Å². The van der Waals surface area contributed by atoms with E-state index >= 15 is 0 Å². The lowest BCUT2D eigenvalue weighted by molar-refractivity contribution is 1.46. The quantitative estimate of drug-likeness (QED) is 0.273. The highest BCUT2D eigenvalue weighted by atomic mass is 28.3. The first-order valence-corrected chi connectivity index (χ1v) is 13.1. The first-order chi connectivity index (χ1) is 15.8. The first kappa shape index (κ1) is 20.2. The van der Waals surface area contributed by atoms with E-state index < -0.39 is 8.07 Å². The van der Waals surface area contributed by atoms with Crippen molar-refractivity contribution in [3.63, 3.8) is 0 Å². The molecule has 32 heavy (non-hydrogen) atoms. The summed E-state index contributed by atoms with van der Waals surface area (Å²) < 4.78 is 0. The molecule has 5 rings (SSSR count). The van der Waals surface area contributed by atoms with Crippen molar-refractivity contribution in [2.75, 3.05) is 0 Å². The fourth-order valence-electron chi connectivity index (χ4n) is 4.95. The van der Waals surface area contributed by atoms with Crippen molar-refractivity contribution in [1.82, 2.24) is 0 Å². The Bertz CT molecular complexity index is 1210. The van der Waals surface area contributed by atoms with Crippen molar-refractivity contribution < 1.29 is 0 Å². The lowest BCUT2D eigenvalue weighted by atomic mass is 10.0. The number of benzene rings is 5. The zero-order valence-electron chi connectivity index (χ0n) is 18.3. The third-order valence-corrected chi connectivity index (χ3v) is 11.2. The highest BCUT2D eigenvalue weighted by molar-refractivity contribution is 7.20. The van der Waals surface area contributed by atoms with Crippen LogP contribution < -0.4 is 20.7 Å². The smallest absolute Gasteiger partial charge is 0.0623 e. The molecule has 0 aliphatic rings. The zero-order valence-corrected chi connectivity index (χ0v) is 19.3. The van der Waals surface area contributed by atoms with Gasteiger partial charge in [-0.15, -0.1) is 0 Å². The molecule has 0 saturated heterocycles. The Morgan fingerprint density at radius 1 is 0.375 bits per heavy atom. The van der Waals surface area contributed by atoms with Gasteiger partial charge in [-0.25, -0.2) is 0 Å². The molecule has 0 aromatic heterocycles. The van der Waals surface area contributed by atoms with E-state index in [9.17, 15) is 0 Å². The molecule has 0 N–H and O–H groups in total. The maximum Gasteiger partial charge on any atom is 0.180 e. The Kier molecular flexibility index (Phi) is 5.58. The van der Waals surface area contributed by atoms with Crippen LogP contribution in [0.1, 0.15) is 5.56 Å². The van der Waals surface area contributed by atoms with Crippen LogP contribution >= 0.6 is 0 Å². The van der Waals surface area contributed by atoms with E-state index in [2.05, 4.69) is 146 Å². The van der Waals surface area contributed by atoms with E-state index in [1.807, 2.05) is 0 Å². The van der Waals surface area contributed by atoms with Gasteiger partial charge < -0.3 is 0 Å². The van der Waals surface area contributed by atoms with Gasteiger partial charge in [0, 0.05) is 0 Å². The first-order valence-electron chi connectivity index (χ1n) is 11.1. The molecule has 0 spiro atoms. The maximum atomic E-state index is 2.36. The van der Waals surface area contributed by atoms with Crippen LogP contribution in [-0.2, 0) is 0 Å². The van der Waals surface area contributed by atoms with E-state index in [-0.39, 0.29) is 0 Å². The Hall–Kier alpha value is -3.68. The second kappa shape index (κ2) is 8.82. The van der Waals surface area contributed by atoms with Gasteiger partial charge in [-0.05, 0) is 44.4 Å². The van der Waals surface area contributed by atoms with Gasteiger partial charge >= 0.3 is 0 Å². The van der Waals surface area contributed by atoms with Crippen molar-refractivity contribution in [3.05, 3.63) is 145 Å². The topological polar surface area (TPSA) is 0 Å². The van der Waals surface area contributed by atoms with Crippen LogP contribution in [0.25, 0.3) is 11.1 Å². The van der Waals surface area contributed by atoms with Crippen molar-refractivity contribution >= 4 is 28.8 Å². The molecule has 0 radical (unpaired) electrons. The molecule has 0 fully saturated rings. The minimum Gasteiger partial charge on any atom is -0.0623 e. The van der Waals surface area contributed by atoms with Gasteiger partial charge in [0.1, 0.15) is 0 Å². The number of rotatable bonds is 5. The molecular weight excluding hydrogens is 400 g/mol. The number of hydrogen-bond donors (Lipinski definition) is 0. The summed E-state index contributed by atoms with van der Waals surface area (Å²) in [5.41, 5.74) is 3.94. The van der Waals surface area contributed by atoms with Gasteiger partial charge in [-0.2, -0.15) is 0 Å². The minimum absolute atomic E-state index is 1.30. The molecule has 0 atom stereocenters. The Balaban J connectivity index is 1.95. The molecule has 0 aliphatic carbocycles. The Morgan fingerprint density at radius 2 is 0.750 bits per heavy atom. The summed E-state index contributed by atoms with van der Waals surface area (Å²) in [6, 6.07) is 51.1. The van der Waals surface area contributed by atoms with E-state index in [0.717, 1.165) is 0 Å². The average molecular weight is 427 g/mol. The standard InChI is InChI=1S/C31H26Si/c1-25-15-11-12-22-29(25)30-23-13-14-24-31(30)32(26-16-5-2-6-17-26,27-18-7-3-8-19-27)28-20-9-4-10-21-28/h2-24H,1H3. The van der Waals surface area contributed by atoms with Gasteiger partial charge in [0.2, 0.25) is 0 Å². The summed E-state index contributed by atoms with van der Waals surface area (Å²) in [6.07, 6.45) is 0. The summed E-state index contributed by atoms with van der Waals surface area (Å²) >= 11 is 0. The predicted octanol–water partition coefficient (Wildman–Crippen LogP) is 5.04. The molecular formula is C31H26Si. The largest absolute Gasteiger partial charge is 0.180 e. The third-order valence-electron chi connectivity index (χ3n) is 6.39. The number of hydrogen-bond acceptors (Lipinski definition) is 0. The van der Waals surface area contributed by atoms with E-state index in [4.69, 9.17) is 0 Å². The highest BCUT2D eigenvalue weighted by Crippen LogP contribution is 2.24. The molecule has 0 heterocycles. The van der Waals surface area contributed by atoms with E-state index in [0.29, 0.717) is 0 Å². The van der Waals surface area contributed by atoms with Crippen LogP contribution in [0, 0.1) is 6.92 Å². The molecule has 0 amide bonds. The average Bonchev–Trinajstić information content (AvgIpc) is 2.87. The predicted molar refractivity (Wildman–Crippen MR) is 140 cm³/mol. The summed E-state index contributed by atoms with van der Waals surface area (Å²) in [4.78, 5) is 0. The second-order valence-corrected chi connectivity index (χ2v) is 12.0. The molecule has 5 aromatic carbocycles. The summed E-state index contributed by atoms with van der Waals surface area (Å²) in [6.45, 7) is 2.21. The maximum absolute atomic E-state index is 2.55. The molecule has 0 nitrogen and oxygen atoms in total. The highest BCUT2D eigenvalue weighted by Gasteiger charge is 2.42. The summed E-state index contributed by atoms with van der Waals surface area (Å²) in [5, 5.41) is 5.63. The zero-order chi connectivity index (χ0) is 21.8. The van der Waals surface area contributed by atoms with Crippen molar-refractivity contribution in [1.29, 1.82) is 0 Å². The van der Waals surface area contributed by atoms with Gasteiger partial charge in [-0.3, -0.25) is 0 Å². The lowest BCUT2D eigenvalue weighted by Gasteiger charge is -2.36. The van der Waals surface area contributed by atoms with Crippen LogP contribution in [-0.4, -0.2) is 8.07 Å². The summed E-state index contributed by atoms with van der Waals surface area (Å²) in [5.74, 6) is 0. The molecule has 0 aliphatic heterocycles. The third kappa shape index (κ3) is 3.41. The lowest BCUT2D eigenvalue weighted by Crippen LogP contribution is -2.75. The fraction of sp³-hybridized carbons (Fsp3) is 0.0323. The van der Waals surface area contributed by atoms with Crippen molar-refractivity contribution in [2.24, 2.45) is 0 Å². The van der Waals surface area contributed by atoms with Crippen molar-refractivity contribution in [2.45, 2.75) is 6.92 Å². The van der Waals surface area contributed by atoms with Gasteiger partial charge in [0.05, 0.1) is 0 Å². The van der Waals surface area contributed by atoms with E-state index in [1.165, 1.54) is 37.4 Å². The van der Waals surface area contributed by atoms with Gasteiger partial charge in [0.25, 0.3) is 0 Å². The van der Waals surface area contributed by atoms with Crippen LogP contribution in [0.3, 0.4) is 0 Å². The second-order valence-electron chi connectivity index (χ2n) is 8.21. The molecule has 5 aromatic rings. The molecule has 154 valence electrons. The van der Waals surface area contributed by atoms with Crippen LogP contribution in [0.4, 0.5) is 0 Å². The van der Waals surface area contributed by atoms with Gasteiger partial charge in [0.15, 0.2) is 8.07 Å². The van der Waals surface area contributed by atoms with Crippen molar-refractivity contribution in [3.8, 4) is 11.1 Å². The monoisotopic (exact) mass is 426 g/mol.